The summed E-state index contributed by atoms with van der Waals surface area (Å²) in [4.78, 5) is 14.1. The van der Waals surface area contributed by atoms with Crippen molar-refractivity contribution in [3.63, 3.8) is 0 Å². The van der Waals surface area contributed by atoms with E-state index in [1.54, 1.807) is 30.0 Å². The lowest BCUT2D eigenvalue weighted by Gasteiger charge is -2.32. The smallest absolute Gasteiger partial charge is 0.257 e. The highest BCUT2D eigenvalue weighted by atomic mass is 16.4. The average molecular weight is 277 g/mol. The fraction of sp³-hybridized carbons (Fsp3) is 0.429. The van der Waals surface area contributed by atoms with E-state index >= 15 is 0 Å². The summed E-state index contributed by atoms with van der Waals surface area (Å²) in [5.41, 5.74) is 6.58. The van der Waals surface area contributed by atoms with Crippen LogP contribution < -0.4 is 5.73 Å². The number of likely N-dealkylation sites (tertiary alicyclic amines) is 1. The highest BCUT2D eigenvalue weighted by Gasteiger charge is 2.28. The summed E-state index contributed by atoms with van der Waals surface area (Å²) in [7, 11) is 0. The zero-order valence-electron chi connectivity index (χ0n) is 11.4. The molecule has 4 N–H and O–H groups in total. The van der Waals surface area contributed by atoms with Gasteiger partial charge in [-0.2, -0.15) is 0 Å². The first-order chi connectivity index (χ1) is 9.54. The predicted molar refractivity (Wildman–Crippen MR) is 74.9 cm³/mol. The number of hydrogen-bond donors (Lipinski definition) is 3. The third-order valence-corrected chi connectivity index (χ3v) is 3.71. The van der Waals surface area contributed by atoms with Crippen LogP contribution >= 0.6 is 0 Å². The van der Waals surface area contributed by atoms with Gasteiger partial charge in [-0.25, -0.2) is 0 Å². The second-order valence-corrected chi connectivity index (χ2v) is 5.09. The number of hydrogen-bond acceptors (Lipinski definition) is 4. The molecule has 0 bridgehead atoms. The van der Waals surface area contributed by atoms with Crippen molar-refractivity contribution in [2.24, 2.45) is 16.8 Å². The van der Waals surface area contributed by atoms with Crippen molar-refractivity contribution in [3.05, 3.63) is 29.3 Å². The summed E-state index contributed by atoms with van der Waals surface area (Å²) in [6.07, 6.45) is 1.58. The number of aromatic hydroxyl groups is 1. The van der Waals surface area contributed by atoms with Crippen LogP contribution in [0.25, 0.3) is 0 Å². The quantitative estimate of drug-likeness (QED) is 0.328. The number of carbonyl (C=O) groups excluding carboxylic acids is 1. The Balaban J connectivity index is 2.19. The van der Waals surface area contributed by atoms with Crippen LogP contribution in [-0.4, -0.2) is 40.0 Å². The predicted octanol–water partition coefficient (Wildman–Crippen LogP) is 1.30. The number of phenolic OH excluding ortho intramolecular Hbond substituents is 1. The number of nitrogens with two attached hydrogens (primary N) is 1. The van der Waals surface area contributed by atoms with Crippen LogP contribution in [0.3, 0.4) is 0 Å². The molecule has 0 radical (unpaired) electrons. The average Bonchev–Trinajstić information content (AvgIpc) is 2.48. The van der Waals surface area contributed by atoms with E-state index in [1.165, 1.54) is 0 Å². The largest absolute Gasteiger partial charge is 0.507 e. The Morgan fingerprint density at radius 2 is 2.25 bits per heavy atom. The lowest BCUT2D eigenvalue weighted by Crippen LogP contribution is -2.44. The first kappa shape index (κ1) is 14.2. The summed E-state index contributed by atoms with van der Waals surface area (Å²) in [5, 5.41) is 21.7. The van der Waals surface area contributed by atoms with Crippen LogP contribution in [0.5, 0.6) is 5.75 Å². The van der Waals surface area contributed by atoms with E-state index in [2.05, 4.69) is 5.16 Å². The Hall–Kier alpha value is -2.24. The molecule has 0 spiro atoms. The zero-order chi connectivity index (χ0) is 14.7. The maximum Gasteiger partial charge on any atom is 0.257 e. The molecule has 1 atom stereocenters. The maximum atomic E-state index is 12.5. The number of amides is 1. The van der Waals surface area contributed by atoms with Gasteiger partial charge in [0.15, 0.2) is 0 Å². The molecule has 0 aliphatic carbocycles. The third kappa shape index (κ3) is 2.68. The molecule has 0 saturated carbocycles. The van der Waals surface area contributed by atoms with E-state index in [0.29, 0.717) is 24.2 Å². The normalized spacial score (nSPS) is 19.9. The number of phenols is 1. The molecule has 0 aromatic heterocycles. The summed E-state index contributed by atoms with van der Waals surface area (Å²) < 4.78 is 0. The van der Waals surface area contributed by atoms with Crippen molar-refractivity contribution >= 4 is 11.7 Å². The highest BCUT2D eigenvalue weighted by molar-refractivity contribution is 5.97. The molecule has 6 nitrogen and oxygen atoms in total. The lowest BCUT2D eigenvalue weighted by molar-refractivity contribution is 0.0698. The summed E-state index contributed by atoms with van der Waals surface area (Å²) in [6.45, 7) is 2.77. The van der Waals surface area contributed by atoms with Gasteiger partial charge in [-0.1, -0.05) is 17.3 Å². The highest BCUT2D eigenvalue weighted by Crippen LogP contribution is 2.25. The number of rotatable bonds is 2. The maximum absolute atomic E-state index is 12.5. The Labute approximate surface area is 117 Å². The van der Waals surface area contributed by atoms with Gasteiger partial charge in [0.1, 0.15) is 11.6 Å². The second-order valence-electron chi connectivity index (χ2n) is 5.09. The van der Waals surface area contributed by atoms with Crippen molar-refractivity contribution in [3.8, 4) is 5.75 Å². The zero-order valence-corrected chi connectivity index (χ0v) is 11.4. The lowest BCUT2D eigenvalue weighted by atomic mass is 9.96. The topological polar surface area (TPSA) is 99.2 Å². The van der Waals surface area contributed by atoms with Gasteiger partial charge in [-0.15, -0.1) is 0 Å². The molecule has 1 unspecified atom stereocenters. The molecule has 1 aliphatic heterocycles. The van der Waals surface area contributed by atoms with E-state index in [4.69, 9.17) is 10.9 Å². The van der Waals surface area contributed by atoms with Crippen LogP contribution in [0, 0.1) is 12.8 Å². The monoisotopic (exact) mass is 277 g/mol. The van der Waals surface area contributed by atoms with Gasteiger partial charge in [0.2, 0.25) is 0 Å². The summed E-state index contributed by atoms with van der Waals surface area (Å²) >= 11 is 0. The first-order valence-corrected chi connectivity index (χ1v) is 6.60. The summed E-state index contributed by atoms with van der Waals surface area (Å²) in [5.74, 6) is -0.189. The van der Waals surface area contributed by atoms with Crippen LogP contribution in [-0.2, 0) is 0 Å². The standard InChI is InChI=1S/C14H19N3O3/c1-9-4-2-6-11(12(9)18)14(19)17-7-3-5-10(8-17)13(15)16-20/h2,4,6,10,18,20H,3,5,7-8H2,1H3,(H2,15,16). The molecule has 1 aliphatic rings. The molecule has 1 heterocycles. The fourth-order valence-electron chi connectivity index (χ4n) is 2.49. The van der Waals surface area contributed by atoms with Gasteiger partial charge in [0, 0.05) is 19.0 Å². The van der Waals surface area contributed by atoms with E-state index in [9.17, 15) is 9.90 Å². The van der Waals surface area contributed by atoms with Gasteiger partial charge < -0.3 is 20.9 Å². The Morgan fingerprint density at radius 1 is 1.50 bits per heavy atom. The van der Waals surface area contributed by atoms with Crippen molar-refractivity contribution in [1.29, 1.82) is 0 Å². The SMILES string of the molecule is Cc1cccc(C(=O)N2CCCC(C(N)=NO)C2)c1O. The first-order valence-electron chi connectivity index (χ1n) is 6.60. The number of nitrogens with zero attached hydrogens (tertiary/aromatic N) is 2. The number of para-hydroxylation sites is 1. The van der Waals surface area contributed by atoms with Gasteiger partial charge >= 0.3 is 0 Å². The van der Waals surface area contributed by atoms with Gasteiger partial charge in [0.05, 0.1) is 5.56 Å². The van der Waals surface area contributed by atoms with Gasteiger partial charge in [-0.3, -0.25) is 4.79 Å². The number of aryl methyl sites for hydroxylation is 1. The molecule has 1 aromatic rings. The Morgan fingerprint density at radius 3 is 2.95 bits per heavy atom. The number of oxime groups is 1. The van der Waals surface area contributed by atoms with E-state index in [-0.39, 0.29) is 23.4 Å². The summed E-state index contributed by atoms with van der Waals surface area (Å²) in [6, 6.07) is 5.10. The molecule has 1 fully saturated rings. The van der Waals surface area contributed by atoms with E-state index in [1.807, 2.05) is 0 Å². The molecule has 1 aromatic carbocycles. The van der Waals surface area contributed by atoms with Gasteiger partial charge in [0.25, 0.3) is 5.91 Å². The number of piperidine rings is 1. The fourth-order valence-corrected chi connectivity index (χ4v) is 2.49. The van der Waals surface area contributed by atoms with Gasteiger partial charge in [-0.05, 0) is 31.4 Å². The molecular formula is C14H19N3O3. The number of benzene rings is 1. The van der Waals surface area contributed by atoms with Crippen molar-refractivity contribution in [1.82, 2.24) is 4.90 Å². The van der Waals surface area contributed by atoms with Crippen LogP contribution in [0.1, 0.15) is 28.8 Å². The van der Waals surface area contributed by atoms with Crippen molar-refractivity contribution in [2.45, 2.75) is 19.8 Å². The molecule has 108 valence electrons. The number of carbonyl (C=O) groups is 1. The second kappa shape index (κ2) is 5.81. The molecule has 2 rings (SSSR count). The number of amidine groups is 1. The Kier molecular flexibility index (Phi) is 4.12. The minimum atomic E-state index is -0.221. The molecule has 6 heteroatoms. The minimum absolute atomic E-state index is 0.0171. The van der Waals surface area contributed by atoms with Crippen molar-refractivity contribution in [2.75, 3.05) is 13.1 Å². The van der Waals surface area contributed by atoms with Crippen LogP contribution in [0.2, 0.25) is 0 Å². The van der Waals surface area contributed by atoms with E-state index in [0.717, 1.165) is 12.8 Å². The van der Waals surface area contributed by atoms with Crippen LogP contribution in [0.4, 0.5) is 0 Å². The Bertz CT molecular complexity index is 542. The minimum Gasteiger partial charge on any atom is -0.507 e. The third-order valence-electron chi connectivity index (χ3n) is 3.71. The van der Waals surface area contributed by atoms with E-state index < -0.39 is 0 Å². The molecular weight excluding hydrogens is 258 g/mol. The van der Waals surface area contributed by atoms with Crippen LogP contribution in [0.15, 0.2) is 23.4 Å². The van der Waals surface area contributed by atoms with Crippen molar-refractivity contribution < 1.29 is 15.1 Å². The molecule has 1 amide bonds. The molecule has 20 heavy (non-hydrogen) atoms. The molecule has 1 saturated heterocycles.